The molecule has 0 heterocycles. The highest BCUT2D eigenvalue weighted by Crippen LogP contribution is 2.29. The molecule has 0 N–H and O–H groups in total. The van der Waals surface area contributed by atoms with E-state index in [1.165, 1.54) is 4.90 Å². The van der Waals surface area contributed by atoms with Gasteiger partial charge in [0.15, 0.2) is 6.61 Å². The van der Waals surface area contributed by atoms with Gasteiger partial charge in [-0.25, -0.2) is 0 Å². The third-order valence-corrected chi connectivity index (χ3v) is 5.36. The number of anilines is 1. The van der Waals surface area contributed by atoms with Gasteiger partial charge >= 0.3 is 0 Å². The van der Waals surface area contributed by atoms with E-state index >= 15 is 0 Å². The predicted octanol–water partition coefficient (Wildman–Crippen LogP) is 7.57. The zero-order valence-corrected chi connectivity index (χ0v) is 18.6. The quantitative estimate of drug-likeness (QED) is 0.357. The van der Waals surface area contributed by atoms with Crippen LogP contribution < -0.4 is 9.64 Å². The Labute approximate surface area is 193 Å². The first kappa shape index (κ1) is 22.1. The Morgan fingerprint density at radius 2 is 1.45 bits per heavy atom. The normalized spacial score (nSPS) is 10.7. The molecular formula is C21H14Cl5NO2. The number of carbonyl (C=O) groups excluding carboxylic acids is 1. The van der Waals surface area contributed by atoms with Crippen LogP contribution in [0.5, 0.6) is 5.75 Å². The van der Waals surface area contributed by atoms with Crippen LogP contribution in [0.15, 0.2) is 60.7 Å². The Hall–Kier alpha value is -1.62. The second kappa shape index (κ2) is 9.92. The molecule has 3 rings (SSSR count). The summed E-state index contributed by atoms with van der Waals surface area (Å²) < 4.78 is 5.60. The number of ether oxygens (including phenoxy) is 1. The molecule has 0 saturated heterocycles. The molecule has 0 saturated carbocycles. The summed E-state index contributed by atoms with van der Waals surface area (Å²) in [4.78, 5) is 14.5. The lowest BCUT2D eigenvalue weighted by Crippen LogP contribution is -2.34. The maximum atomic E-state index is 13.0. The van der Waals surface area contributed by atoms with Crippen LogP contribution in [0.3, 0.4) is 0 Å². The van der Waals surface area contributed by atoms with E-state index in [1.54, 1.807) is 60.7 Å². The number of rotatable bonds is 6. The van der Waals surface area contributed by atoms with Gasteiger partial charge in [-0.1, -0.05) is 70.1 Å². The van der Waals surface area contributed by atoms with Gasteiger partial charge in [-0.05, 0) is 54.1 Å². The fourth-order valence-electron chi connectivity index (χ4n) is 2.60. The topological polar surface area (TPSA) is 29.5 Å². The van der Waals surface area contributed by atoms with E-state index in [-0.39, 0.29) is 19.1 Å². The Morgan fingerprint density at radius 1 is 0.793 bits per heavy atom. The largest absolute Gasteiger partial charge is 0.482 e. The van der Waals surface area contributed by atoms with Crippen LogP contribution >= 0.6 is 58.0 Å². The lowest BCUT2D eigenvalue weighted by molar-refractivity contribution is -0.120. The van der Waals surface area contributed by atoms with Gasteiger partial charge in [0.25, 0.3) is 5.91 Å². The van der Waals surface area contributed by atoms with Crippen molar-refractivity contribution in [2.45, 2.75) is 6.54 Å². The summed E-state index contributed by atoms with van der Waals surface area (Å²) in [5.74, 6) is 0.0595. The molecule has 3 aromatic rings. The van der Waals surface area contributed by atoms with Crippen LogP contribution in [-0.2, 0) is 11.3 Å². The Balaban J connectivity index is 1.84. The molecule has 0 aliphatic heterocycles. The second-order valence-electron chi connectivity index (χ2n) is 6.06. The van der Waals surface area contributed by atoms with Crippen LogP contribution in [0.1, 0.15) is 5.56 Å². The Kier molecular flexibility index (Phi) is 7.55. The molecule has 3 aromatic carbocycles. The molecule has 3 nitrogen and oxygen atoms in total. The molecule has 0 aromatic heterocycles. The van der Waals surface area contributed by atoms with Crippen molar-refractivity contribution >= 4 is 69.6 Å². The third kappa shape index (κ3) is 5.94. The molecular weight excluding hydrogens is 476 g/mol. The first-order valence-electron chi connectivity index (χ1n) is 8.41. The average molecular weight is 490 g/mol. The van der Waals surface area contributed by atoms with E-state index in [1.807, 2.05) is 0 Å². The average Bonchev–Trinajstić information content (AvgIpc) is 2.66. The minimum Gasteiger partial charge on any atom is -0.482 e. The molecule has 8 heteroatoms. The van der Waals surface area contributed by atoms with Gasteiger partial charge in [0.1, 0.15) is 5.75 Å². The molecule has 0 bridgehead atoms. The van der Waals surface area contributed by atoms with Crippen molar-refractivity contribution in [1.82, 2.24) is 0 Å². The van der Waals surface area contributed by atoms with Crippen LogP contribution in [0.2, 0.25) is 25.1 Å². The van der Waals surface area contributed by atoms with E-state index in [0.29, 0.717) is 36.6 Å². The number of halogens is 5. The Morgan fingerprint density at radius 3 is 2.10 bits per heavy atom. The minimum absolute atomic E-state index is 0.215. The lowest BCUT2D eigenvalue weighted by Gasteiger charge is -2.24. The zero-order chi connectivity index (χ0) is 21.0. The molecule has 0 fully saturated rings. The lowest BCUT2D eigenvalue weighted by atomic mass is 10.2. The standard InChI is InChI=1S/C21H14Cl5NO2/c22-14-2-1-3-17(8-14)27(11-13-4-5-15(23)9-18(13)25)21(28)12-29-20-7-6-16(24)10-19(20)26/h1-10H,11-12H2. The molecule has 150 valence electrons. The van der Waals surface area contributed by atoms with Crippen LogP contribution in [0, 0.1) is 0 Å². The van der Waals surface area contributed by atoms with E-state index in [9.17, 15) is 4.79 Å². The van der Waals surface area contributed by atoms with Gasteiger partial charge in [-0.2, -0.15) is 0 Å². The number of hydrogen-bond acceptors (Lipinski definition) is 2. The van der Waals surface area contributed by atoms with Crippen molar-refractivity contribution in [3.63, 3.8) is 0 Å². The van der Waals surface area contributed by atoms with Crippen LogP contribution in [-0.4, -0.2) is 12.5 Å². The summed E-state index contributed by atoms with van der Waals surface area (Å²) in [6.07, 6.45) is 0. The van der Waals surface area contributed by atoms with Crippen molar-refractivity contribution in [3.05, 3.63) is 91.3 Å². The van der Waals surface area contributed by atoms with Gasteiger partial charge in [0, 0.05) is 25.8 Å². The molecule has 0 aliphatic carbocycles. The molecule has 0 radical (unpaired) electrons. The van der Waals surface area contributed by atoms with Crippen LogP contribution in [0.4, 0.5) is 5.69 Å². The molecule has 1 amide bonds. The highest BCUT2D eigenvalue weighted by molar-refractivity contribution is 6.36. The number of amides is 1. The molecule has 29 heavy (non-hydrogen) atoms. The predicted molar refractivity (Wildman–Crippen MR) is 121 cm³/mol. The number of nitrogens with zero attached hydrogens (tertiary/aromatic N) is 1. The minimum atomic E-state index is -0.302. The first-order valence-corrected chi connectivity index (χ1v) is 10.3. The molecule has 0 unspecified atom stereocenters. The molecule has 0 atom stereocenters. The van der Waals surface area contributed by atoms with Gasteiger partial charge in [0.05, 0.1) is 11.6 Å². The van der Waals surface area contributed by atoms with Gasteiger partial charge in [-0.15, -0.1) is 0 Å². The summed E-state index contributed by atoms with van der Waals surface area (Å²) in [6.45, 7) is -0.0219. The summed E-state index contributed by atoms with van der Waals surface area (Å²) in [5.41, 5.74) is 1.34. The van der Waals surface area contributed by atoms with Crippen molar-refractivity contribution in [1.29, 1.82) is 0 Å². The SMILES string of the molecule is O=C(COc1ccc(Cl)cc1Cl)N(Cc1ccc(Cl)cc1Cl)c1cccc(Cl)c1. The summed E-state index contributed by atoms with van der Waals surface area (Å²) in [7, 11) is 0. The van der Waals surface area contributed by atoms with E-state index in [0.717, 1.165) is 5.56 Å². The van der Waals surface area contributed by atoms with Crippen molar-refractivity contribution < 1.29 is 9.53 Å². The number of hydrogen-bond donors (Lipinski definition) is 0. The van der Waals surface area contributed by atoms with Crippen molar-refractivity contribution in [3.8, 4) is 5.75 Å². The van der Waals surface area contributed by atoms with Crippen molar-refractivity contribution in [2.24, 2.45) is 0 Å². The van der Waals surface area contributed by atoms with Crippen molar-refractivity contribution in [2.75, 3.05) is 11.5 Å². The van der Waals surface area contributed by atoms with Gasteiger partial charge in [-0.3, -0.25) is 4.79 Å². The smallest absolute Gasteiger partial charge is 0.265 e. The first-order chi connectivity index (χ1) is 13.8. The zero-order valence-electron chi connectivity index (χ0n) is 14.8. The van der Waals surface area contributed by atoms with Crippen LogP contribution in [0.25, 0.3) is 0 Å². The monoisotopic (exact) mass is 487 g/mol. The number of carbonyl (C=O) groups is 1. The fourth-order valence-corrected chi connectivity index (χ4v) is 3.71. The summed E-state index contributed by atoms with van der Waals surface area (Å²) in [6, 6.07) is 16.9. The maximum Gasteiger partial charge on any atom is 0.265 e. The van der Waals surface area contributed by atoms with Gasteiger partial charge in [0.2, 0.25) is 0 Å². The van der Waals surface area contributed by atoms with E-state index in [2.05, 4.69) is 0 Å². The number of benzene rings is 3. The van der Waals surface area contributed by atoms with E-state index in [4.69, 9.17) is 62.7 Å². The summed E-state index contributed by atoms with van der Waals surface area (Å²) in [5, 5.41) is 2.27. The van der Waals surface area contributed by atoms with E-state index < -0.39 is 0 Å². The van der Waals surface area contributed by atoms with Gasteiger partial charge < -0.3 is 9.64 Å². The Bertz CT molecular complexity index is 1040. The third-order valence-electron chi connectivity index (χ3n) is 4.01. The molecule has 0 spiro atoms. The highest BCUT2D eigenvalue weighted by Gasteiger charge is 2.19. The maximum absolute atomic E-state index is 13.0. The highest BCUT2D eigenvalue weighted by atomic mass is 35.5. The summed E-state index contributed by atoms with van der Waals surface area (Å²) >= 11 is 30.4. The fraction of sp³-hybridized carbons (Fsp3) is 0.0952. The second-order valence-corrected chi connectivity index (χ2v) is 8.18. The molecule has 0 aliphatic rings.